The van der Waals surface area contributed by atoms with Gasteiger partial charge in [-0.2, -0.15) is 0 Å². The van der Waals surface area contributed by atoms with Crippen LogP contribution in [-0.4, -0.2) is 48.8 Å². The topological polar surface area (TPSA) is 59.4 Å². The lowest BCUT2D eigenvalue weighted by atomic mass is 9.96. The van der Waals surface area contributed by atoms with Crippen LogP contribution in [-0.2, 0) is 16.1 Å². The molecular formula is C19H28N4O2. The van der Waals surface area contributed by atoms with E-state index < -0.39 is 0 Å². The molecule has 25 heavy (non-hydrogen) atoms. The van der Waals surface area contributed by atoms with Gasteiger partial charge < -0.3 is 19.5 Å². The fraction of sp³-hybridized carbons (Fsp3) is 0.579. The predicted molar refractivity (Wildman–Crippen MR) is 99.8 cm³/mol. The minimum atomic E-state index is 0.0945. The van der Waals surface area contributed by atoms with E-state index in [9.17, 15) is 4.79 Å². The first-order chi connectivity index (χ1) is 12.2. The molecule has 1 saturated heterocycles. The Hall–Kier alpha value is -2.08. The fourth-order valence-electron chi connectivity index (χ4n) is 3.51. The van der Waals surface area contributed by atoms with Gasteiger partial charge in [-0.1, -0.05) is 19.1 Å². The quantitative estimate of drug-likeness (QED) is 0.784. The Bertz CT molecular complexity index is 705. The molecule has 1 fully saturated rings. The van der Waals surface area contributed by atoms with Crippen LogP contribution in [0.5, 0.6) is 0 Å². The summed E-state index contributed by atoms with van der Waals surface area (Å²) in [4.78, 5) is 19.4. The van der Waals surface area contributed by atoms with Crippen molar-refractivity contribution in [2.75, 3.05) is 38.3 Å². The second-order valence-corrected chi connectivity index (χ2v) is 6.60. The van der Waals surface area contributed by atoms with E-state index in [0.29, 0.717) is 13.2 Å². The molecule has 2 heterocycles. The fourth-order valence-corrected chi connectivity index (χ4v) is 3.51. The number of anilines is 1. The number of nitrogens with zero attached hydrogens (tertiary/aromatic N) is 3. The molecule has 1 aromatic carbocycles. The van der Waals surface area contributed by atoms with Gasteiger partial charge in [-0.3, -0.25) is 4.79 Å². The minimum absolute atomic E-state index is 0.0945. The van der Waals surface area contributed by atoms with Crippen LogP contribution in [0.3, 0.4) is 0 Å². The number of hydrogen-bond acceptors (Lipinski definition) is 4. The maximum absolute atomic E-state index is 12.2. The van der Waals surface area contributed by atoms with Crippen LogP contribution in [0.1, 0.15) is 26.2 Å². The Labute approximate surface area is 149 Å². The second-order valence-electron chi connectivity index (χ2n) is 6.60. The van der Waals surface area contributed by atoms with Crippen LogP contribution in [0, 0.1) is 5.92 Å². The lowest BCUT2D eigenvalue weighted by Gasteiger charge is -2.32. The molecule has 3 rings (SSSR count). The highest BCUT2D eigenvalue weighted by Crippen LogP contribution is 2.27. The number of aryl methyl sites for hydroxylation is 1. The van der Waals surface area contributed by atoms with Gasteiger partial charge in [-0.05, 0) is 31.4 Å². The summed E-state index contributed by atoms with van der Waals surface area (Å²) in [5.41, 5.74) is 2.24. The lowest BCUT2D eigenvalue weighted by Crippen LogP contribution is -2.42. The number of nitrogens with one attached hydrogen (secondary N) is 1. The van der Waals surface area contributed by atoms with Crippen molar-refractivity contribution >= 4 is 22.9 Å². The van der Waals surface area contributed by atoms with E-state index in [1.165, 1.54) is 5.52 Å². The number of benzene rings is 1. The van der Waals surface area contributed by atoms with Gasteiger partial charge in [0.25, 0.3) is 0 Å². The standard InChI is InChI=1S/C19H28N4O2/c1-3-11-23-17-7-5-4-6-16(17)21-19(23)22-12-8-15(9-13-22)18(24)20-10-14-25-2/h4-7,15H,3,8-14H2,1-2H3,(H,20,24). The largest absolute Gasteiger partial charge is 0.383 e. The summed E-state index contributed by atoms with van der Waals surface area (Å²) < 4.78 is 7.30. The molecule has 1 amide bonds. The van der Waals surface area contributed by atoms with E-state index in [-0.39, 0.29) is 11.8 Å². The van der Waals surface area contributed by atoms with E-state index in [4.69, 9.17) is 9.72 Å². The van der Waals surface area contributed by atoms with Crippen molar-refractivity contribution in [2.24, 2.45) is 5.92 Å². The van der Waals surface area contributed by atoms with Crippen molar-refractivity contribution in [2.45, 2.75) is 32.7 Å². The molecule has 1 aliphatic heterocycles. The molecule has 0 unspecified atom stereocenters. The predicted octanol–water partition coefficient (Wildman–Crippen LogP) is 2.43. The SMILES string of the molecule is CCCn1c(N2CCC(C(=O)NCCOC)CC2)nc2ccccc21. The molecule has 0 atom stereocenters. The van der Waals surface area contributed by atoms with Gasteiger partial charge in [0.2, 0.25) is 11.9 Å². The summed E-state index contributed by atoms with van der Waals surface area (Å²) in [6.45, 7) is 6.04. The summed E-state index contributed by atoms with van der Waals surface area (Å²) in [7, 11) is 1.65. The maximum Gasteiger partial charge on any atom is 0.223 e. The van der Waals surface area contributed by atoms with Gasteiger partial charge in [-0.15, -0.1) is 0 Å². The average molecular weight is 344 g/mol. The van der Waals surface area contributed by atoms with Crippen molar-refractivity contribution in [1.29, 1.82) is 0 Å². The number of piperidine rings is 1. The third kappa shape index (κ3) is 3.95. The number of aromatic nitrogens is 2. The zero-order valence-electron chi connectivity index (χ0n) is 15.2. The van der Waals surface area contributed by atoms with Gasteiger partial charge in [0.15, 0.2) is 0 Å². The van der Waals surface area contributed by atoms with E-state index in [0.717, 1.165) is 50.4 Å². The van der Waals surface area contributed by atoms with Gasteiger partial charge >= 0.3 is 0 Å². The van der Waals surface area contributed by atoms with Crippen molar-refractivity contribution in [1.82, 2.24) is 14.9 Å². The van der Waals surface area contributed by atoms with Crippen LogP contribution >= 0.6 is 0 Å². The van der Waals surface area contributed by atoms with E-state index in [2.05, 4.69) is 39.9 Å². The Balaban J connectivity index is 1.67. The first kappa shape index (κ1) is 17.7. The normalized spacial score (nSPS) is 15.7. The highest BCUT2D eigenvalue weighted by molar-refractivity contribution is 5.80. The molecular weight excluding hydrogens is 316 g/mol. The molecule has 6 nitrogen and oxygen atoms in total. The van der Waals surface area contributed by atoms with Gasteiger partial charge in [-0.25, -0.2) is 4.98 Å². The molecule has 136 valence electrons. The van der Waals surface area contributed by atoms with E-state index in [1.54, 1.807) is 7.11 Å². The number of carbonyl (C=O) groups is 1. The summed E-state index contributed by atoms with van der Waals surface area (Å²) in [5.74, 6) is 1.29. The number of ether oxygens (including phenoxy) is 1. The van der Waals surface area contributed by atoms with Crippen LogP contribution in [0.15, 0.2) is 24.3 Å². The number of methoxy groups -OCH3 is 1. The Kier molecular flexibility index (Phi) is 5.91. The Morgan fingerprint density at radius 3 is 2.80 bits per heavy atom. The maximum atomic E-state index is 12.2. The number of para-hydroxylation sites is 2. The van der Waals surface area contributed by atoms with Crippen molar-refractivity contribution in [3.63, 3.8) is 0 Å². The third-order valence-corrected chi connectivity index (χ3v) is 4.84. The zero-order chi connectivity index (χ0) is 17.6. The molecule has 6 heteroatoms. The molecule has 1 N–H and O–H groups in total. The number of imidazole rings is 1. The molecule has 0 radical (unpaired) electrons. The smallest absolute Gasteiger partial charge is 0.223 e. The number of amides is 1. The minimum Gasteiger partial charge on any atom is -0.383 e. The Morgan fingerprint density at radius 2 is 2.08 bits per heavy atom. The highest BCUT2D eigenvalue weighted by atomic mass is 16.5. The average Bonchev–Trinajstić information content (AvgIpc) is 3.01. The van der Waals surface area contributed by atoms with Crippen molar-refractivity contribution in [3.8, 4) is 0 Å². The van der Waals surface area contributed by atoms with Crippen LogP contribution in [0.25, 0.3) is 11.0 Å². The molecule has 0 aliphatic carbocycles. The number of fused-ring (bicyclic) bond motifs is 1. The first-order valence-electron chi connectivity index (χ1n) is 9.21. The van der Waals surface area contributed by atoms with E-state index in [1.807, 2.05) is 6.07 Å². The summed E-state index contributed by atoms with van der Waals surface area (Å²) >= 11 is 0. The highest BCUT2D eigenvalue weighted by Gasteiger charge is 2.27. The number of hydrogen-bond donors (Lipinski definition) is 1. The van der Waals surface area contributed by atoms with Crippen LogP contribution < -0.4 is 10.2 Å². The monoisotopic (exact) mass is 344 g/mol. The van der Waals surface area contributed by atoms with Crippen molar-refractivity contribution < 1.29 is 9.53 Å². The van der Waals surface area contributed by atoms with Crippen LogP contribution in [0.4, 0.5) is 5.95 Å². The summed E-state index contributed by atoms with van der Waals surface area (Å²) in [6.07, 6.45) is 2.81. The second kappa shape index (κ2) is 8.34. The van der Waals surface area contributed by atoms with Crippen LogP contribution in [0.2, 0.25) is 0 Å². The first-order valence-corrected chi connectivity index (χ1v) is 9.21. The molecule has 1 aliphatic rings. The Morgan fingerprint density at radius 1 is 1.32 bits per heavy atom. The molecule has 2 aromatic rings. The van der Waals surface area contributed by atoms with E-state index >= 15 is 0 Å². The van der Waals surface area contributed by atoms with Gasteiger partial charge in [0.05, 0.1) is 17.6 Å². The van der Waals surface area contributed by atoms with Gasteiger partial charge in [0.1, 0.15) is 0 Å². The summed E-state index contributed by atoms with van der Waals surface area (Å²) in [6, 6.07) is 8.31. The molecule has 1 aromatic heterocycles. The molecule has 0 saturated carbocycles. The summed E-state index contributed by atoms with van der Waals surface area (Å²) in [5, 5.41) is 2.96. The third-order valence-electron chi connectivity index (χ3n) is 4.84. The number of carbonyl (C=O) groups excluding carboxylic acids is 1. The van der Waals surface area contributed by atoms with Crippen molar-refractivity contribution in [3.05, 3.63) is 24.3 Å². The zero-order valence-corrected chi connectivity index (χ0v) is 15.2. The molecule has 0 spiro atoms. The number of rotatable bonds is 7. The van der Waals surface area contributed by atoms with Gasteiger partial charge in [0, 0.05) is 39.2 Å². The molecule has 0 bridgehead atoms. The lowest BCUT2D eigenvalue weighted by molar-refractivity contribution is -0.125.